The van der Waals surface area contributed by atoms with Crippen molar-refractivity contribution >= 4 is 0 Å². The number of aliphatic hydroxyl groups excluding tert-OH is 1. The van der Waals surface area contributed by atoms with Gasteiger partial charge in [-0.3, -0.25) is 0 Å². The molecule has 0 bridgehead atoms. The van der Waals surface area contributed by atoms with Crippen LogP contribution < -0.4 is 5.32 Å². The van der Waals surface area contributed by atoms with Gasteiger partial charge in [0.1, 0.15) is 6.33 Å². The van der Waals surface area contributed by atoms with Crippen molar-refractivity contribution in [2.24, 2.45) is 0 Å². The highest BCUT2D eigenvalue weighted by Gasteiger charge is 2.07. The first-order chi connectivity index (χ1) is 8.88. The number of hydrogen-bond donors (Lipinski definition) is 2. The summed E-state index contributed by atoms with van der Waals surface area (Å²) in [6, 6.07) is 12.0. The molecule has 0 saturated heterocycles. The number of rotatable bonds is 6. The van der Waals surface area contributed by atoms with Crippen LogP contribution >= 0.6 is 0 Å². The minimum atomic E-state index is 0.0439. The Morgan fingerprint density at radius 2 is 2.00 bits per heavy atom. The Labute approximate surface area is 107 Å². The van der Waals surface area contributed by atoms with E-state index < -0.39 is 0 Å². The van der Waals surface area contributed by atoms with Crippen LogP contribution in [0.2, 0.25) is 0 Å². The highest BCUT2D eigenvalue weighted by Crippen LogP contribution is 2.03. The van der Waals surface area contributed by atoms with Crippen molar-refractivity contribution in [2.45, 2.75) is 19.0 Å². The lowest BCUT2D eigenvalue weighted by Gasteiger charge is -2.16. The van der Waals surface area contributed by atoms with E-state index in [0.717, 1.165) is 12.1 Å². The molecule has 0 amide bonds. The zero-order chi connectivity index (χ0) is 12.6. The Bertz CT molecular complexity index is 447. The third-order valence-electron chi connectivity index (χ3n) is 2.76. The van der Waals surface area contributed by atoms with Crippen molar-refractivity contribution in [1.82, 2.24) is 15.3 Å². The molecule has 2 N–H and O–H groups in total. The molecular weight excluding hydrogens is 226 g/mol. The average molecular weight is 243 g/mol. The van der Waals surface area contributed by atoms with Gasteiger partial charge in [-0.2, -0.15) is 0 Å². The summed E-state index contributed by atoms with van der Waals surface area (Å²) in [4.78, 5) is 8.01. The third kappa shape index (κ3) is 3.91. The van der Waals surface area contributed by atoms with E-state index in [1.807, 2.05) is 24.3 Å². The maximum atomic E-state index is 9.37. The zero-order valence-electron chi connectivity index (χ0n) is 10.2. The standard InChI is InChI=1S/C14H17N3O/c18-10-14(8-12-4-2-1-3-5-12)16-9-13-6-7-15-11-17-13/h1-7,11,14,16,18H,8-10H2/t14-/m0/s1. The van der Waals surface area contributed by atoms with Crippen LogP contribution in [0.25, 0.3) is 0 Å². The second-order valence-corrected chi connectivity index (χ2v) is 4.15. The lowest BCUT2D eigenvalue weighted by atomic mass is 10.1. The molecule has 0 aliphatic rings. The molecule has 2 aromatic rings. The largest absolute Gasteiger partial charge is 0.395 e. The van der Waals surface area contributed by atoms with Crippen LogP contribution in [0.4, 0.5) is 0 Å². The summed E-state index contributed by atoms with van der Waals surface area (Å²) in [7, 11) is 0. The van der Waals surface area contributed by atoms with Gasteiger partial charge in [0, 0.05) is 18.8 Å². The Morgan fingerprint density at radius 1 is 1.17 bits per heavy atom. The molecule has 4 heteroatoms. The van der Waals surface area contributed by atoms with Gasteiger partial charge in [0.05, 0.1) is 12.3 Å². The molecule has 0 radical (unpaired) electrons. The van der Waals surface area contributed by atoms with Crippen molar-refractivity contribution < 1.29 is 5.11 Å². The van der Waals surface area contributed by atoms with Crippen LogP contribution in [0, 0.1) is 0 Å². The molecule has 18 heavy (non-hydrogen) atoms. The molecule has 2 rings (SSSR count). The van der Waals surface area contributed by atoms with Crippen molar-refractivity contribution in [1.29, 1.82) is 0 Å². The molecule has 1 heterocycles. The van der Waals surface area contributed by atoms with Gasteiger partial charge in [-0.05, 0) is 18.1 Å². The summed E-state index contributed by atoms with van der Waals surface area (Å²) >= 11 is 0. The lowest BCUT2D eigenvalue weighted by molar-refractivity contribution is 0.240. The summed E-state index contributed by atoms with van der Waals surface area (Å²) < 4.78 is 0. The minimum Gasteiger partial charge on any atom is -0.395 e. The quantitative estimate of drug-likeness (QED) is 0.799. The van der Waals surface area contributed by atoms with E-state index in [-0.39, 0.29) is 12.6 Å². The highest BCUT2D eigenvalue weighted by molar-refractivity contribution is 5.16. The van der Waals surface area contributed by atoms with Crippen molar-refractivity contribution in [3.05, 3.63) is 60.2 Å². The molecule has 0 spiro atoms. The molecule has 94 valence electrons. The van der Waals surface area contributed by atoms with Crippen LogP contribution in [0.1, 0.15) is 11.3 Å². The maximum Gasteiger partial charge on any atom is 0.115 e. The number of nitrogens with one attached hydrogen (secondary N) is 1. The molecule has 1 aromatic carbocycles. The summed E-state index contributed by atoms with van der Waals surface area (Å²) in [6.45, 7) is 0.751. The fourth-order valence-corrected chi connectivity index (χ4v) is 1.77. The SMILES string of the molecule is OC[C@H](Cc1ccccc1)NCc1ccncn1. The molecule has 0 aliphatic heterocycles. The Hall–Kier alpha value is -1.78. The fourth-order valence-electron chi connectivity index (χ4n) is 1.77. The Kier molecular flexibility index (Phi) is 4.81. The van der Waals surface area contributed by atoms with E-state index in [4.69, 9.17) is 0 Å². The van der Waals surface area contributed by atoms with Gasteiger partial charge in [-0.25, -0.2) is 9.97 Å². The van der Waals surface area contributed by atoms with Gasteiger partial charge in [0.15, 0.2) is 0 Å². The van der Waals surface area contributed by atoms with E-state index in [1.165, 1.54) is 11.9 Å². The second kappa shape index (κ2) is 6.83. The number of nitrogens with zero attached hydrogens (tertiary/aromatic N) is 2. The zero-order valence-corrected chi connectivity index (χ0v) is 10.2. The highest BCUT2D eigenvalue weighted by atomic mass is 16.3. The smallest absolute Gasteiger partial charge is 0.115 e. The van der Waals surface area contributed by atoms with Gasteiger partial charge >= 0.3 is 0 Å². The number of benzene rings is 1. The van der Waals surface area contributed by atoms with Crippen molar-refractivity contribution in [2.75, 3.05) is 6.61 Å². The molecule has 1 aromatic heterocycles. The Balaban J connectivity index is 1.86. The minimum absolute atomic E-state index is 0.0439. The van der Waals surface area contributed by atoms with Gasteiger partial charge < -0.3 is 10.4 Å². The molecule has 0 aliphatic carbocycles. The van der Waals surface area contributed by atoms with Crippen LogP contribution in [0.5, 0.6) is 0 Å². The lowest BCUT2D eigenvalue weighted by Crippen LogP contribution is -2.34. The number of aromatic nitrogens is 2. The average Bonchev–Trinajstić information content (AvgIpc) is 2.45. The first-order valence-electron chi connectivity index (χ1n) is 6.01. The van der Waals surface area contributed by atoms with Gasteiger partial charge in [0.25, 0.3) is 0 Å². The van der Waals surface area contributed by atoms with E-state index in [0.29, 0.717) is 6.54 Å². The molecular formula is C14H17N3O. The van der Waals surface area contributed by atoms with E-state index in [1.54, 1.807) is 6.20 Å². The number of aliphatic hydroxyl groups is 1. The molecule has 0 saturated carbocycles. The first-order valence-corrected chi connectivity index (χ1v) is 6.01. The van der Waals surface area contributed by atoms with E-state index in [9.17, 15) is 5.11 Å². The summed E-state index contributed by atoms with van der Waals surface area (Å²) in [6.07, 6.45) is 4.06. The van der Waals surface area contributed by atoms with Gasteiger partial charge in [0.2, 0.25) is 0 Å². The second-order valence-electron chi connectivity index (χ2n) is 4.15. The monoisotopic (exact) mass is 243 g/mol. The predicted octanol–water partition coefficient (Wildman–Crippen LogP) is 1.17. The summed E-state index contributed by atoms with van der Waals surface area (Å²) in [5.41, 5.74) is 2.14. The van der Waals surface area contributed by atoms with E-state index >= 15 is 0 Å². The normalized spacial score (nSPS) is 12.3. The first kappa shape index (κ1) is 12.7. The molecule has 0 fully saturated rings. The number of hydrogen-bond acceptors (Lipinski definition) is 4. The van der Waals surface area contributed by atoms with Crippen LogP contribution in [0.15, 0.2) is 48.9 Å². The van der Waals surface area contributed by atoms with E-state index in [2.05, 4.69) is 27.4 Å². The summed E-state index contributed by atoms with van der Waals surface area (Å²) in [5.74, 6) is 0. The maximum absolute atomic E-state index is 9.37. The topological polar surface area (TPSA) is 58.0 Å². The Morgan fingerprint density at radius 3 is 2.67 bits per heavy atom. The molecule has 1 atom stereocenters. The fraction of sp³-hybridized carbons (Fsp3) is 0.286. The van der Waals surface area contributed by atoms with Gasteiger partial charge in [-0.1, -0.05) is 30.3 Å². The molecule has 0 unspecified atom stereocenters. The van der Waals surface area contributed by atoms with Gasteiger partial charge in [-0.15, -0.1) is 0 Å². The summed E-state index contributed by atoms with van der Waals surface area (Å²) in [5, 5.41) is 12.7. The van der Waals surface area contributed by atoms with Crippen LogP contribution in [-0.4, -0.2) is 27.7 Å². The predicted molar refractivity (Wildman–Crippen MR) is 69.9 cm³/mol. The van der Waals surface area contributed by atoms with Crippen LogP contribution in [0.3, 0.4) is 0 Å². The van der Waals surface area contributed by atoms with Crippen molar-refractivity contribution in [3.8, 4) is 0 Å². The third-order valence-corrected chi connectivity index (χ3v) is 2.76. The molecule has 4 nitrogen and oxygen atoms in total. The van der Waals surface area contributed by atoms with Crippen molar-refractivity contribution in [3.63, 3.8) is 0 Å². The van der Waals surface area contributed by atoms with Crippen LogP contribution in [-0.2, 0) is 13.0 Å².